The molecule has 2 aromatic rings. The number of carbonyl (C=O) groups excluding carboxylic acids is 1. The average molecular weight is 364 g/mol. The highest BCUT2D eigenvalue weighted by molar-refractivity contribution is 8.00. The molecule has 0 radical (unpaired) electrons. The number of carbonyl (C=O) groups is 1. The van der Waals surface area contributed by atoms with Crippen molar-refractivity contribution in [1.29, 1.82) is 0 Å². The van der Waals surface area contributed by atoms with E-state index >= 15 is 0 Å². The Morgan fingerprint density at radius 2 is 2.04 bits per heavy atom. The van der Waals surface area contributed by atoms with Crippen LogP contribution in [0, 0.1) is 0 Å². The zero-order chi connectivity index (χ0) is 17.5. The van der Waals surface area contributed by atoms with E-state index in [1.165, 1.54) is 30.2 Å². The number of thioether (sulfide) groups is 1. The molecule has 128 valence electrons. The first-order chi connectivity index (χ1) is 11.5. The normalized spacial score (nSPS) is 11.2. The summed E-state index contributed by atoms with van der Waals surface area (Å²) in [6.07, 6.45) is 3.70. The number of aromatic nitrogens is 1. The molecule has 0 bridgehead atoms. The predicted octanol–water partition coefficient (Wildman–Crippen LogP) is 3.52. The van der Waals surface area contributed by atoms with Gasteiger partial charge in [0, 0.05) is 20.3 Å². The van der Waals surface area contributed by atoms with Crippen molar-refractivity contribution in [3.8, 4) is 5.75 Å². The van der Waals surface area contributed by atoms with Gasteiger partial charge < -0.3 is 14.4 Å². The summed E-state index contributed by atoms with van der Waals surface area (Å²) < 4.78 is 11.6. The highest BCUT2D eigenvalue weighted by atomic mass is 32.2. The average Bonchev–Trinajstić information content (AvgIpc) is 3.01. The maximum Gasteiger partial charge on any atom is 0.340 e. The number of rotatable bonds is 7. The Bertz CT molecular complexity index is 712. The number of nitrogens with zero attached hydrogens (tertiary/aromatic N) is 2. The van der Waals surface area contributed by atoms with Gasteiger partial charge in [-0.15, -0.1) is 11.3 Å². The lowest BCUT2D eigenvalue weighted by Crippen LogP contribution is -2.11. The molecule has 0 saturated heterocycles. The third-order valence-electron chi connectivity index (χ3n) is 3.01. The van der Waals surface area contributed by atoms with Gasteiger partial charge >= 0.3 is 5.97 Å². The van der Waals surface area contributed by atoms with Crippen LogP contribution in [0.2, 0.25) is 0 Å². The molecule has 0 aliphatic rings. The fraction of sp³-hybridized carbons (Fsp3) is 0.294. The number of thiazole rings is 1. The molecule has 0 aliphatic carbocycles. The van der Waals surface area contributed by atoms with Crippen LogP contribution in [0.3, 0.4) is 0 Å². The Morgan fingerprint density at radius 3 is 2.62 bits per heavy atom. The standard InChI is InChI=1S/C17H20N2O3S2/c1-19(2)10-13(16(20)21-3)15-14(18-17(23-4)24-15)11-22-12-8-6-5-7-9-12/h5-10H,11H2,1-4H3. The Labute approximate surface area is 150 Å². The topological polar surface area (TPSA) is 51.7 Å². The van der Waals surface area contributed by atoms with E-state index in [0.717, 1.165) is 20.7 Å². The van der Waals surface area contributed by atoms with Crippen molar-refractivity contribution >= 4 is 34.6 Å². The van der Waals surface area contributed by atoms with Crippen molar-refractivity contribution in [2.24, 2.45) is 0 Å². The summed E-state index contributed by atoms with van der Waals surface area (Å²) in [4.78, 5) is 19.4. The lowest BCUT2D eigenvalue weighted by molar-refractivity contribution is -0.133. The molecule has 0 aliphatic heterocycles. The molecule has 0 saturated carbocycles. The number of esters is 1. The van der Waals surface area contributed by atoms with Crippen molar-refractivity contribution in [2.75, 3.05) is 27.5 Å². The summed E-state index contributed by atoms with van der Waals surface area (Å²) in [6, 6.07) is 9.53. The summed E-state index contributed by atoms with van der Waals surface area (Å²) in [5.41, 5.74) is 1.21. The lowest BCUT2D eigenvalue weighted by atomic mass is 10.2. The first-order valence-corrected chi connectivity index (χ1v) is 9.27. The van der Waals surface area contributed by atoms with Crippen LogP contribution >= 0.6 is 23.1 Å². The van der Waals surface area contributed by atoms with Crippen molar-refractivity contribution < 1.29 is 14.3 Å². The van der Waals surface area contributed by atoms with E-state index < -0.39 is 0 Å². The molecule has 0 atom stereocenters. The molecule has 0 spiro atoms. The van der Waals surface area contributed by atoms with Gasteiger partial charge in [0.05, 0.1) is 23.3 Å². The molecule has 1 aromatic heterocycles. The van der Waals surface area contributed by atoms with Gasteiger partial charge in [-0.05, 0) is 18.4 Å². The molecule has 1 aromatic carbocycles. The minimum absolute atomic E-state index is 0.290. The Balaban J connectivity index is 2.34. The van der Waals surface area contributed by atoms with Gasteiger partial charge in [-0.1, -0.05) is 30.0 Å². The van der Waals surface area contributed by atoms with Crippen LogP contribution in [-0.2, 0) is 16.1 Å². The Morgan fingerprint density at radius 1 is 1.33 bits per heavy atom. The van der Waals surface area contributed by atoms with Crippen molar-refractivity contribution in [3.05, 3.63) is 47.1 Å². The van der Waals surface area contributed by atoms with E-state index in [-0.39, 0.29) is 12.6 Å². The molecule has 0 fully saturated rings. The second-order valence-electron chi connectivity index (χ2n) is 5.06. The van der Waals surface area contributed by atoms with Crippen LogP contribution in [0.4, 0.5) is 0 Å². The zero-order valence-electron chi connectivity index (χ0n) is 14.1. The molecule has 2 rings (SSSR count). The van der Waals surface area contributed by atoms with E-state index in [1.807, 2.05) is 55.6 Å². The number of benzene rings is 1. The Kier molecular flexibility index (Phi) is 6.69. The summed E-state index contributed by atoms with van der Waals surface area (Å²) in [7, 11) is 5.10. The first-order valence-electron chi connectivity index (χ1n) is 7.23. The van der Waals surface area contributed by atoms with E-state index in [4.69, 9.17) is 9.47 Å². The maximum atomic E-state index is 12.2. The van der Waals surface area contributed by atoms with Crippen LogP contribution in [0.5, 0.6) is 5.75 Å². The van der Waals surface area contributed by atoms with Crippen LogP contribution in [-0.4, -0.2) is 43.3 Å². The highest BCUT2D eigenvalue weighted by Gasteiger charge is 2.22. The van der Waals surface area contributed by atoms with Gasteiger partial charge in [0.15, 0.2) is 4.34 Å². The monoisotopic (exact) mass is 364 g/mol. The van der Waals surface area contributed by atoms with Gasteiger partial charge in [-0.25, -0.2) is 9.78 Å². The van der Waals surface area contributed by atoms with Crippen molar-refractivity contribution in [1.82, 2.24) is 9.88 Å². The Hall–Kier alpha value is -1.99. The first kappa shape index (κ1) is 18.4. The van der Waals surface area contributed by atoms with Crippen molar-refractivity contribution in [3.63, 3.8) is 0 Å². The van der Waals surface area contributed by atoms with Gasteiger partial charge in [0.2, 0.25) is 0 Å². The molecule has 0 N–H and O–H groups in total. The molecular weight excluding hydrogens is 344 g/mol. The smallest absolute Gasteiger partial charge is 0.340 e. The third-order valence-corrected chi connectivity index (χ3v) is 5.12. The second-order valence-corrected chi connectivity index (χ2v) is 7.11. The summed E-state index contributed by atoms with van der Waals surface area (Å²) in [6.45, 7) is 0.290. The fourth-order valence-corrected chi connectivity index (χ4v) is 3.55. The quantitative estimate of drug-likeness (QED) is 0.426. The van der Waals surface area contributed by atoms with Crippen LogP contribution in [0.15, 0.2) is 40.9 Å². The van der Waals surface area contributed by atoms with Gasteiger partial charge in [0.1, 0.15) is 12.4 Å². The molecular formula is C17H20N2O3S2. The third kappa shape index (κ3) is 4.75. The summed E-state index contributed by atoms with van der Waals surface area (Å²) in [5, 5.41) is 0. The number of ether oxygens (including phenoxy) is 2. The summed E-state index contributed by atoms with van der Waals surface area (Å²) >= 11 is 3.00. The largest absolute Gasteiger partial charge is 0.487 e. The van der Waals surface area contributed by atoms with Crippen LogP contribution < -0.4 is 4.74 Å². The lowest BCUT2D eigenvalue weighted by Gasteiger charge is -2.11. The number of hydrogen-bond acceptors (Lipinski definition) is 7. The van der Waals surface area contributed by atoms with E-state index in [2.05, 4.69) is 4.98 Å². The predicted molar refractivity (Wildman–Crippen MR) is 98.3 cm³/mol. The molecule has 24 heavy (non-hydrogen) atoms. The molecule has 0 amide bonds. The van der Waals surface area contributed by atoms with Crippen LogP contribution in [0.25, 0.3) is 5.57 Å². The van der Waals surface area contributed by atoms with Gasteiger partial charge in [-0.3, -0.25) is 0 Å². The summed E-state index contributed by atoms with van der Waals surface area (Å²) in [5.74, 6) is 0.374. The molecule has 1 heterocycles. The highest BCUT2D eigenvalue weighted by Crippen LogP contribution is 2.32. The maximum absolute atomic E-state index is 12.2. The fourth-order valence-electron chi connectivity index (χ4n) is 1.97. The molecule has 0 unspecified atom stereocenters. The van der Waals surface area contributed by atoms with Gasteiger partial charge in [0.25, 0.3) is 0 Å². The zero-order valence-corrected chi connectivity index (χ0v) is 15.7. The SMILES string of the molecule is COC(=O)C(=CN(C)C)c1sc(SC)nc1COc1ccccc1. The second kappa shape index (κ2) is 8.75. The minimum Gasteiger partial charge on any atom is -0.487 e. The van der Waals surface area contributed by atoms with Gasteiger partial charge in [-0.2, -0.15) is 0 Å². The van der Waals surface area contributed by atoms with E-state index in [9.17, 15) is 4.79 Å². The minimum atomic E-state index is -0.388. The molecule has 7 heteroatoms. The number of hydrogen-bond donors (Lipinski definition) is 0. The number of para-hydroxylation sites is 1. The van der Waals surface area contributed by atoms with Crippen molar-refractivity contribution in [2.45, 2.75) is 10.9 Å². The van der Waals surface area contributed by atoms with E-state index in [1.54, 1.807) is 6.20 Å². The van der Waals surface area contributed by atoms with E-state index in [0.29, 0.717) is 5.57 Å². The molecule has 5 nitrogen and oxygen atoms in total. The number of methoxy groups -OCH3 is 1. The van der Waals surface area contributed by atoms with Crippen LogP contribution in [0.1, 0.15) is 10.6 Å².